The Morgan fingerprint density at radius 2 is 2.00 bits per heavy atom. The lowest BCUT2D eigenvalue weighted by Gasteiger charge is -1.99. The van der Waals surface area contributed by atoms with Gasteiger partial charge in [0.2, 0.25) is 0 Å². The van der Waals surface area contributed by atoms with Gasteiger partial charge in [-0.05, 0) is 18.2 Å². The molecule has 4 rings (SSSR count). The molecule has 0 spiro atoms. The van der Waals surface area contributed by atoms with Crippen molar-refractivity contribution in [2.24, 2.45) is 0 Å². The van der Waals surface area contributed by atoms with Crippen LogP contribution in [0.5, 0.6) is 0 Å². The topological polar surface area (TPSA) is 57.8 Å². The second-order valence-electron chi connectivity index (χ2n) is 4.93. The molecule has 0 aliphatic carbocycles. The van der Waals surface area contributed by atoms with Gasteiger partial charge in [-0.2, -0.15) is 0 Å². The van der Waals surface area contributed by atoms with E-state index in [0.29, 0.717) is 26.3 Å². The number of hydrogen-bond acceptors (Lipinski definition) is 3. The molecule has 4 aromatic rings. The number of carbonyl (C=O) groups is 1. The van der Waals surface area contributed by atoms with E-state index in [4.69, 9.17) is 23.2 Å². The zero-order valence-electron chi connectivity index (χ0n) is 11.6. The van der Waals surface area contributed by atoms with Crippen molar-refractivity contribution in [3.8, 4) is 0 Å². The van der Waals surface area contributed by atoms with Crippen LogP contribution in [0, 0.1) is 0 Å². The van der Waals surface area contributed by atoms with E-state index in [2.05, 4.69) is 15.3 Å². The number of nitrogens with one attached hydrogen (secondary N) is 2. The maximum Gasteiger partial charge on any atom is 0.259 e. The number of carbonyl (C=O) groups excluding carboxylic acids is 1. The summed E-state index contributed by atoms with van der Waals surface area (Å²) in [6.45, 7) is 0. The van der Waals surface area contributed by atoms with E-state index < -0.39 is 0 Å². The van der Waals surface area contributed by atoms with Gasteiger partial charge >= 0.3 is 0 Å². The Hall–Kier alpha value is -2.08. The van der Waals surface area contributed by atoms with Crippen LogP contribution >= 0.6 is 34.5 Å². The maximum absolute atomic E-state index is 12.5. The van der Waals surface area contributed by atoms with Gasteiger partial charge in [0, 0.05) is 17.1 Å². The Bertz CT molecular complexity index is 1050. The molecule has 1 amide bonds. The molecule has 2 aromatic heterocycles. The van der Waals surface area contributed by atoms with Gasteiger partial charge in [-0.25, -0.2) is 4.98 Å². The van der Waals surface area contributed by atoms with Crippen molar-refractivity contribution in [2.45, 2.75) is 0 Å². The molecule has 2 N–H and O–H groups in total. The smallest absolute Gasteiger partial charge is 0.259 e. The van der Waals surface area contributed by atoms with E-state index in [9.17, 15) is 4.79 Å². The van der Waals surface area contributed by atoms with Gasteiger partial charge < -0.3 is 4.98 Å². The highest BCUT2D eigenvalue weighted by molar-refractivity contribution is 7.22. The molecule has 23 heavy (non-hydrogen) atoms. The van der Waals surface area contributed by atoms with Crippen LogP contribution in [-0.4, -0.2) is 15.9 Å². The van der Waals surface area contributed by atoms with Crippen molar-refractivity contribution >= 4 is 66.7 Å². The highest BCUT2D eigenvalue weighted by Crippen LogP contribution is 2.35. The van der Waals surface area contributed by atoms with E-state index in [1.807, 2.05) is 30.3 Å². The summed E-state index contributed by atoms with van der Waals surface area (Å²) in [7, 11) is 0. The Balaban J connectivity index is 1.70. The zero-order valence-corrected chi connectivity index (χ0v) is 13.9. The van der Waals surface area contributed by atoms with Crippen LogP contribution < -0.4 is 5.32 Å². The van der Waals surface area contributed by atoms with E-state index in [0.717, 1.165) is 15.6 Å². The number of fused-ring (bicyclic) bond motifs is 2. The third-order valence-corrected chi connectivity index (χ3v) is 5.24. The highest BCUT2D eigenvalue weighted by atomic mass is 35.5. The summed E-state index contributed by atoms with van der Waals surface area (Å²) in [5.41, 5.74) is 2.08. The summed E-state index contributed by atoms with van der Waals surface area (Å²) in [4.78, 5) is 19.9. The third-order valence-electron chi connectivity index (χ3n) is 3.51. The first kappa shape index (κ1) is 14.5. The minimum Gasteiger partial charge on any atom is -0.360 e. The number of aromatic amines is 1. The molecule has 4 nitrogen and oxygen atoms in total. The monoisotopic (exact) mass is 361 g/mol. The summed E-state index contributed by atoms with van der Waals surface area (Å²) in [5.74, 6) is -0.219. The van der Waals surface area contributed by atoms with Crippen LogP contribution in [0.25, 0.3) is 21.1 Å². The minimum absolute atomic E-state index is 0.219. The first-order chi connectivity index (χ1) is 11.1. The lowest BCUT2D eigenvalue weighted by atomic mass is 10.2. The summed E-state index contributed by atoms with van der Waals surface area (Å²) in [6.07, 6.45) is 1.69. The molecular formula is C16H9Cl2N3OS. The SMILES string of the molecule is O=C(Nc1nc2c(Cl)c(Cl)ccc2s1)c1c[nH]c2ccccc12. The second-order valence-corrected chi connectivity index (χ2v) is 6.75. The van der Waals surface area contributed by atoms with Gasteiger partial charge in [0.1, 0.15) is 5.52 Å². The first-order valence-electron chi connectivity index (χ1n) is 6.75. The molecule has 0 atom stereocenters. The number of amides is 1. The fourth-order valence-electron chi connectivity index (χ4n) is 2.41. The second kappa shape index (κ2) is 5.53. The normalized spacial score (nSPS) is 11.2. The summed E-state index contributed by atoms with van der Waals surface area (Å²) in [5, 5.41) is 5.01. The number of nitrogens with zero attached hydrogens (tertiary/aromatic N) is 1. The number of aromatic nitrogens is 2. The third kappa shape index (κ3) is 2.47. The van der Waals surface area contributed by atoms with Crippen LogP contribution in [0.3, 0.4) is 0 Å². The van der Waals surface area contributed by atoms with Gasteiger partial charge in [-0.15, -0.1) is 0 Å². The fourth-order valence-corrected chi connectivity index (χ4v) is 3.70. The number of H-pyrrole nitrogens is 1. The van der Waals surface area contributed by atoms with Gasteiger partial charge in [0.15, 0.2) is 5.13 Å². The van der Waals surface area contributed by atoms with Crippen LogP contribution in [0.1, 0.15) is 10.4 Å². The average molecular weight is 362 g/mol. The molecule has 0 aliphatic heterocycles. The van der Waals surface area contributed by atoms with E-state index >= 15 is 0 Å². The zero-order chi connectivity index (χ0) is 16.0. The highest BCUT2D eigenvalue weighted by Gasteiger charge is 2.15. The van der Waals surface area contributed by atoms with Crippen LogP contribution in [0.15, 0.2) is 42.6 Å². The van der Waals surface area contributed by atoms with Crippen LogP contribution in [-0.2, 0) is 0 Å². The summed E-state index contributed by atoms with van der Waals surface area (Å²) in [6, 6.07) is 11.2. The van der Waals surface area contributed by atoms with Crippen LogP contribution in [0.2, 0.25) is 10.0 Å². The molecule has 0 fully saturated rings. The molecule has 0 unspecified atom stereocenters. The minimum atomic E-state index is -0.219. The van der Waals surface area contributed by atoms with Gasteiger partial charge in [0.05, 0.1) is 20.3 Å². The molecule has 0 aliphatic rings. The quantitative estimate of drug-likeness (QED) is 0.506. The Morgan fingerprint density at radius 3 is 2.87 bits per heavy atom. The van der Waals surface area contributed by atoms with E-state index in [1.54, 1.807) is 12.3 Å². The van der Waals surface area contributed by atoms with Gasteiger partial charge in [0.25, 0.3) is 5.91 Å². The number of thiazole rings is 1. The molecule has 2 heterocycles. The molecule has 7 heteroatoms. The fraction of sp³-hybridized carbons (Fsp3) is 0. The first-order valence-corrected chi connectivity index (χ1v) is 8.33. The number of halogens is 2. The molecule has 0 radical (unpaired) electrons. The number of anilines is 1. The van der Waals surface area contributed by atoms with Gasteiger partial charge in [-0.1, -0.05) is 52.7 Å². The largest absolute Gasteiger partial charge is 0.360 e. The van der Waals surface area contributed by atoms with Crippen molar-refractivity contribution in [3.63, 3.8) is 0 Å². The number of hydrogen-bond donors (Lipinski definition) is 2. The Morgan fingerprint density at radius 1 is 1.17 bits per heavy atom. The predicted molar refractivity (Wildman–Crippen MR) is 95.9 cm³/mol. The molecule has 0 saturated carbocycles. The number of rotatable bonds is 2. The van der Waals surface area contributed by atoms with Crippen molar-refractivity contribution < 1.29 is 4.79 Å². The average Bonchev–Trinajstić information content (AvgIpc) is 3.15. The molecular weight excluding hydrogens is 353 g/mol. The molecule has 0 saturated heterocycles. The van der Waals surface area contributed by atoms with Crippen molar-refractivity contribution in [3.05, 3.63) is 58.2 Å². The Kier molecular flexibility index (Phi) is 3.49. The molecule has 114 valence electrons. The summed E-state index contributed by atoms with van der Waals surface area (Å²) < 4.78 is 0.869. The molecule has 2 aromatic carbocycles. The predicted octanol–water partition coefficient (Wildman–Crippen LogP) is 5.34. The van der Waals surface area contributed by atoms with Crippen molar-refractivity contribution in [2.75, 3.05) is 5.32 Å². The van der Waals surface area contributed by atoms with Crippen LogP contribution in [0.4, 0.5) is 5.13 Å². The van der Waals surface area contributed by atoms with E-state index in [-0.39, 0.29) is 5.91 Å². The standard InChI is InChI=1S/C16H9Cl2N3OS/c17-10-5-6-12-14(13(10)18)20-16(23-12)21-15(22)9-7-19-11-4-2-1-3-8(9)11/h1-7,19H,(H,20,21,22). The maximum atomic E-state index is 12.5. The molecule has 0 bridgehead atoms. The number of para-hydroxylation sites is 1. The Labute approximate surface area is 145 Å². The summed E-state index contributed by atoms with van der Waals surface area (Å²) >= 11 is 13.5. The lowest BCUT2D eigenvalue weighted by Crippen LogP contribution is -2.10. The van der Waals surface area contributed by atoms with Gasteiger partial charge in [-0.3, -0.25) is 10.1 Å². The van der Waals surface area contributed by atoms with Crippen molar-refractivity contribution in [1.29, 1.82) is 0 Å². The number of benzene rings is 2. The lowest BCUT2D eigenvalue weighted by molar-refractivity contribution is 0.102. The van der Waals surface area contributed by atoms with E-state index in [1.165, 1.54) is 11.3 Å². The van der Waals surface area contributed by atoms with Crippen molar-refractivity contribution in [1.82, 2.24) is 9.97 Å².